The normalized spacial score (nSPS) is 12.1. The second-order valence-corrected chi connectivity index (χ2v) is 5.50. The second kappa shape index (κ2) is 6.57. The quantitative estimate of drug-likeness (QED) is 0.797. The maximum Gasteiger partial charge on any atom is 0.104 e. The summed E-state index contributed by atoms with van der Waals surface area (Å²) in [7, 11) is 0. The van der Waals surface area contributed by atoms with Crippen LogP contribution in [0.25, 0.3) is 0 Å². The van der Waals surface area contributed by atoms with Crippen molar-refractivity contribution >= 4 is 22.9 Å². The van der Waals surface area contributed by atoms with Gasteiger partial charge in [-0.15, -0.1) is 0 Å². The summed E-state index contributed by atoms with van der Waals surface area (Å²) < 4.78 is 5.34. The number of nitrogens with one attached hydrogen (secondary N) is 1. The SMILES string of the molecule is Cc1cc(NC(C)CCc2ccco2)ccc1C(N)=S. The highest BCUT2D eigenvalue weighted by Crippen LogP contribution is 2.17. The van der Waals surface area contributed by atoms with E-state index in [0.29, 0.717) is 11.0 Å². The fourth-order valence-electron chi connectivity index (χ4n) is 2.20. The molecule has 2 aromatic rings. The minimum atomic E-state index is 0.371. The van der Waals surface area contributed by atoms with Crippen LogP contribution in [0.2, 0.25) is 0 Å². The predicted octanol–water partition coefficient (Wildman–Crippen LogP) is 3.66. The average molecular weight is 288 g/mol. The maximum atomic E-state index is 5.67. The largest absolute Gasteiger partial charge is 0.469 e. The highest BCUT2D eigenvalue weighted by molar-refractivity contribution is 7.80. The highest BCUT2D eigenvalue weighted by atomic mass is 32.1. The molecule has 2 rings (SSSR count). The van der Waals surface area contributed by atoms with E-state index in [4.69, 9.17) is 22.4 Å². The number of hydrogen-bond donors (Lipinski definition) is 2. The second-order valence-electron chi connectivity index (χ2n) is 5.06. The number of aryl methyl sites for hydroxylation is 2. The summed E-state index contributed by atoms with van der Waals surface area (Å²) in [5.41, 5.74) is 8.80. The van der Waals surface area contributed by atoms with Gasteiger partial charge in [-0.05, 0) is 56.2 Å². The molecule has 0 saturated heterocycles. The summed E-state index contributed by atoms with van der Waals surface area (Å²) in [6, 6.07) is 10.4. The number of rotatable bonds is 6. The van der Waals surface area contributed by atoms with E-state index in [0.717, 1.165) is 35.4 Å². The van der Waals surface area contributed by atoms with Gasteiger partial charge in [0.15, 0.2) is 0 Å². The number of thiocarbonyl (C=S) groups is 1. The molecule has 4 heteroatoms. The topological polar surface area (TPSA) is 51.2 Å². The van der Waals surface area contributed by atoms with Crippen LogP contribution in [0, 0.1) is 6.92 Å². The molecular formula is C16H20N2OS. The van der Waals surface area contributed by atoms with Crippen molar-refractivity contribution in [2.45, 2.75) is 32.7 Å². The van der Waals surface area contributed by atoms with Crippen molar-refractivity contribution in [2.24, 2.45) is 5.73 Å². The Kier molecular flexibility index (Phi) is 4.79. The van der Waals surface area contributed by atoms with Gasteiger partial charge in [0.1, 0.15) is 10.7 Å². The first kappa shape index (κ1) is 14.6. The predicted molar refractivity (Wildman–Crippen MR) is 87.2 cm³/mol. The monoisotopic (exact) mass is 288 g/mol. The van der Waals surface area contributed by atoms with Gasteiger partial charge in [0.05, 0.1) is 6.26 Å². The van der Waals surface area contributed by atoms with E-state index in [9.17, 15) is 0 Å². The first-order valence-corrected chi connectivity index (χ1v) is 7.16. The van der Waals surface area contributed by atoms with Gasteiger partial charge in [-0.25, -0.2) is 0 Å². The summed E-state index contributed by atoms with van der Waals surface area (Å²) in [6.45, 7) is 4.19. The van der Waals surface area contributed by atoms with Crippen molar-refractivity contribution in [3.8, 4) is 0 Å². The van der Waals surface area contributed by atoms with Gasteiger partial charge in [-0.1, -0.05) is 12.2 Å². The van der Waals surface area contributed by atoms with Crippen LogP contribution in [0.5, 0.6) is 0 Å². The van der Waals surface area contributed by atoms with Gasteiger partial charge < -0.3 is 15.5 Å². The van der Waals surface area contributed by atoms with Crippen LogP contribution < -0.4 is 11.1 Å². The molecule has 1 aromatic carbocycles. The standard InChI is InChI=1S/C16H20N2OS/c1-11-10-13(6-8-15(11)16(17)20)18-12(2)5-7-14-4-3-9-19-14/h3-4,6,8-10,12,18H,5,7H2,1-2H3,(H2,17,20). The first-order valence-electron chi connectivity index (χ1n) is 6.75. The Hall–Kier alpha value is -1.81. The molecule has 1 aromatic heterocycles. The third-order valence-corrected chi connectivity index (χ3v) is 3.53. The maximum absolute atomic E-state index is 5.67. The summed E-state index contributed by atoms with van der Waals surface area (Å²) in [5, 5.41) is 3.49. The van der Waals surface area contributed by atoms with Crippen molar-refractivity contribution < 1.29 is 4.42 Å². The van der Waals surface area contributed by atoms with Crippen LogP contribution in [-0.4, -0.2) is 11.0 Å². The van der Waals surface area contributed by atoms with E-state index >= 15 is 0 Å². The molecule has 0 aliphatic rings. The number of benzene rings is 1. The van der Waals surface area contributed by atoms with Gasteiger partial charge in [-0.3, -0.25) is 0 Å². The van der Waals surface area contributed by atoms with E-state index in [-0.39, 0.29) is 0 Å². The molecule has 1 atom stereocenters. The van der Waals surface area contributed by atoms with Crippen molar-refractivity contribution in [3.63, 3.8) is 0 Å². The van der Waals surface area contributed by atoms with Crippen LogP contribution >= 0.6 is 12.2 Å². The van der Waals surface area contributed by atoms with Crippen molar-refractivity contribution in [1.82, 2.24) is 0 Å². The lowest BCUT2D eigenvalue weighted by Crippen LogP contribution is -2.17. The van der Waals surface area contributed by atoms with Crippen molar-refractivity contribution in [2.75, 3.05) is 5.32 Å². The first-order chi connectivity index (χ1) is 9.56. The highest BCUT2D eigenvalue weighted by Gasteiger charge is 2.06. The minimum absolute atomic E-state index is 0.371. The fourth-order valence-corrected chi connectivity index (χ4v) is 2.43. The number of anilines is 1. The summed E-state index contributed by atoms with van der Waals surface area (Å²) >= 11 is 5.01. The Morgan fingerprint density at radius 3 is 2.80 bits per heavy atom. The lowest BCUT2D eigenvalue weighted by molar-refractivity contribution is 0.495. The zero-order valence-corrected chi connectivity index (χ0v) is 12.7. The number of nitrogens with two attached hydrogens (primary N) is 1. The molecule has 0 bridgehead atoms. The Balaban J connectivity index is 1.92. The Bertz CT molecular complexity index is 578. The van der Waals surface area contributed by atoms with E-state index in [2.05, 4.69) is 18.3 Å². The van der Waals surface area contributed by atoms with Crippen LogP contribution in [-0.2, 0) is 6.42 Å². The van der Waals surface area contributed by atoms with Gasteiger partial charge in [0, 0.05) is 23.7 Å². The zero-order valence-electron chi connectivity index (χ0n) is 11.8. The molecule has 106 valence electrons. The van der Waals surface area contributed by atoms with Crippen molar-refractivity contribution in [3.05, 3.63) is 53.5 Å². The van der Waals surface area contributed by atoms with E-state index < -0.39 is 0 Å². The molecule has 1 heterocycles. The lowest BCUT2D eigenvalue weighted by atomic mass is 10.1. The molecule has 0 aliphatic heterocycles. The van der Waals surface area contributed by atoms with Crippen LogP contribution in [0.15, 0.2) is 41.0 Å². The van der Waals surface area contributed by atoms with E-state index in [1.807, 2.05) is 31.2 Å². The Morgan fingerprint density at radius 1 is 1.40 bits per heavy atom. The molecule has 3 N–H and O–H groups in total. The van der Waals surface area contributed by atoms with Gasteiger partial charge in [0.25, 0.3) is 0 Å². The summed E-state index contributed by atoms with van der Waals surface area (Å²) in [4.78, 5) is 0.444. The Morgan fingerprint density at radius 2 is 2.20 bits per heavy atom. The van der Waals surface area contributed by atoms with Gasteiger partial charge >= 0.3 is 0 Å². The van der Waals surface area contributed by atoms with Crippen LogP contribution in [0.1, 0.15) is 30.2 Å². The van der Waals surface area contributed by atoms with Crippen LogP contribution in [0.4, 0.5) is 5.69 Å². The number of hydrogen-bond acceptors (Lipinski definition) is 3. The molecule has 20 heavy (non-hydrogen) atoms. The van der Waals surface area contributed by atoms with Crippen molar-refractivity contribution in [1.29, 1.82) is 0 Å². The minimum Gasteiger partial charge on any atom is -0.469 e. The molecule has 0 spiro atoms. The van der Waals surface area contributed by atoms with Crippen LogP contribution in [0.3, 0.4) is 0 Å². The zero-order chi connectivity index (χ0) is 14.5. The average Bonchev–Trinajstić information content (AvgIpc) is 2.89. The lowest BCUT2D eigenvalue weighted by Gasteiger charge is -2.16. The third kappa shape index (κ3) is 3.84. The molecule has 0 aliphatic carbocycles. The Labute approximate surface area is 125 Å². The van der Waals surface area contributed by atoms with E-state index in [1.165, 1.54) is 0 Å². The fraction of sp³-hybridized carbons (Fsp3) is 0.312. The van der Waals surface area contributed by atoms with Gasteiger partial charge in [0.2, 0.25) is 0 Å². The summed E-state index contributed by atoms with van der Waals surface area (Å²) in [6.07, 6.45) is 3.67. The third-order valence-electron chi connectivity index (χ3n) is 3.31. The molecule has 0 fully saturated rings. The molecule has 0 radical (unpaired) electrons. The smallest absolute Gasteiger partial charge is 0.104 e. The molecule has 3 nitrogen and oxygen atoms in total. The molecule has 0 saturated carbocycles. The van der Waals surface area contributed by atoms with Gasteiger partial charge in [-0.2, -0.15) is 0 Å². The summed E-state index contributed by atoms with van der Waals surface area (Å²) in [5.74, 6) is 1.03. The number of furan rings is 1. The molecule has 1 unspecified atom stereocenters. The molecule has 0 amide bonds. The molecular weight excluding hydrogens is 268 g/mol. The van der Waals surface area contributed by atoms with E-state index in [1.54, 1.807) is 6.26 Å².